The van der Waals surface area contributed by atoms with E-state index in [1.165, 1.54) is 0 Å². The van der Waals surface area contributed by atoms with Crippen molar-refractivity contribution in [3.05, 3.63) is 52.3 Å². The Morgan fingerprint density at radius 2 is 2.20 bits per heavy atom. The predicted octanol–water partition coefficient (Wildman–Crippen LogP) is 3.41. The van der Waals surface area contributed by atoms with Crippen molar-refractivity contribution in [2.45, 2.75) is 37.3 Å². The van der Waals surface area contributed by atoms with E-state index in [2.05, 4.69) is 43.8 Å². The topological polar surface area (TPSA) is 59.0 Å². The molecular weight excluding hydrogens is 404 g/mol. The molecule has 2 aliphatic rings. The molecule has 2 N–H and O–H groups in total. The molecule has 0 radical (unpaired) electrons. The van der Waals surface area contributed by atoms with Crippen molar-refractivity contribution in [1.29, 1.82) is 0 Å². The summed E-state index contributed by atoms with van der Waals surface area (Å²) in [6, 6.07) is 10.3. The third-order valence-electron chi connectivity index (χ3n) is 4.97. The molecule has 1 unspecified atom stereocenters. The van der Waals surface area contributed by atoms with Crippen molar-refractivity contribution in [3.8, 4) is 0 Å². The van der Waals surface area contributed by atoms with Crippen LogP contribution < -0.4 is 10.6 Å². The maximum Gasteiger partial charge on any atom is 0.272 e. The van der Waals surface area contributed by atoms with E-state index in [-0.39, 0.29) is 23.9 Å². The summed E-state index contributed by atoms with van der Waals surface area (Å²) in [7, 11) is 0. The van der Waals surface area contributed by atoms with E-state index in [1.807, 2.05) is 29.1 Å². The van der Waals surface area contributed by atoms with Gasteiger partial charge in [0.25, 0.3) is 5.91 Å². The van der Waals surface area contributed by atoms with E-state index in [4.69, 9.17) is 0 Å². The number of nitrogens with one attached hydrogen (secondary N) is 2. The third kappa shape index (κ3) is 3.91. The van der Waals surface area contributed by atoms with Crippen molar-refractivity contribution in [1.82, 2.24) is 20.4 Å². The van der Waals surface area contributed by atoms with Crippen LogP contribution in [0.15, 0.2) is 41.0 Å². The van der Waals surface area contributed by atoms with Gasteiger partial charge in [-0.05, 0) is 56.0 Å². The van der Waals surface area contributed by atoms with Crippen molar-refractivity contribution < 1.29 is 4.79 Å². The fraction of sp³-hybridized carbons (Fsp3) is 0.444. The molecule has 4 rings (SSSR count). The molecule has 5 nitrogen and oxygen atoms in total. The van der Waals surface area contributed by atoms with E-state index in [1.54, 1.807) is 0 Å². The Bertz CT molecular complexity index is 753. The normalized spacial score (nSPS) is 21.2. The Balaban J connectivity index is 0.00000182. The minimum Gasteiger partial charge on any atom is -0.341 e. The molecule has 1 aliphatic heterocycles. The minimum absolute atomic E-state index is 0. The van der Waals surface area contributed by atoms with Crippen LogP contribution >= 0.6 is 28.3 Å². The molecule has 1 saturated heterocycles. The lowest BCUT2D eigenvalue weighted by Gasteiger charge is -2.23. The van der Waals surface area contributed by atoms with Crippen molar-refractivity contribution in [3.63, 3.8) is 0 Å². The van der Waals surface area contributed by atoms with Gasteiger partial charge in [0.15, 0.2) is 0 Å². The maximum absolute atomic E-state index is 12.6. The third-order valence-corrected chi connectivity index (χ3v) is 5.46. The first-order valence-electron chi connectivity index (χ1n) is 8.51. The molecule has 0 spiro atoms. The molecule has 1 aromatic heterocycles. The number of nitrogens with zero attached hydrogens (tertiary/aromatic N) is 2. The molecule has 2 fully saturated rings. The summed E-state index contributed by atoms with van der Waals surface area (Å²) in [4.78, 5) is 12.6. The molecular formula is C18H22BrClN4O. The van der Waals surface area contributed by atoms with Gasteiger partial charge in [0.2, 0.25) is 0 Å². The molecule has 134 valence electrons. The number of hydrogen-bond acceptors (Lipinski definition) is 3. The molecule has 0 bridgehead atoms. The lowest BCUT2D eigenvalue weighted by atomic mass is 10.0. The van der Waals surface area contributed by atoms with Crippen molar-refractivity contribution >= 4 is 34.2 Å². The van der Waals surface area contributed by atoms with E-state index in [0.29, 0.717) is 11.7 Å². The Morgan fingerprint density at radius 3 is 2.88 bits per heavy atom. The second-order valence-electron chi connectivity index (χ2n) is 6.73. The van der Waals surface area contributed by atoms with Gasteiger partial charge < -0.3 is 10.6 Å². The lowest BCUT2D eigenvalue weighted by molar-refractivity contribution is 0.0924. The Kier molecular flexibility index (Phi) is 5.51. The zero-order chi connectivity index (χ0) is 16.6. The average Bonchev–Trinajstić information content (AvgIpc) is 3.21. The monoisotopic (exact) mass is 424 g/mol. The molecule has 1 aromatic carbocycles. The fourth-order valence-corrected chi connectivity index (χ4v) is 3.80. The minimum atomic E-state index is -0.225. The number of rotatable bonds is 4. The van der Waals surface area contributed by atoms with Crippen LogP contribution in [0.1, 0.15) is 47.8 Å². The molecule has 25 heavy (non-hydrogen) atoms. The summed E-state index contributed by atoms with van der Waals surface area (Å²) in [6.07, 6.45) is 6.13. The number of benzene rings is 1. The number of carbonyl (C=O) groups excluding carboxylic acids is 1. The lowest BCUT2D eigenvalue weighted by Crippen LogP contribution is -2.35. The Morgan fingerprint density at radius 1 is 1.36 bits per heavy atom. The zero-order valence-corrected chi connectivity index (χ0v) is 16.3. The predicted molar refractivity (Wildman–Crippen MR) is 103 cm³/mol. The molecule has 2 heterocycles. The van der Waals surface area contributed by atoms with Gasteiger partial charge >= 0.3 is 0 Å². The van der Waals surface area contributed by atoms with Gasteiger partial charge in [0.05, 0.1) is 11.6 Å². The van der Waals surface area contributed by atoms with Crippen LogP contribution in [-0.2, 0) is 5.54 Å². The zero-order valence-electron chi connectivity index (χ0n) is 13.9. The number of amides is 1. The Hall–Kier alpha value is -1.37. The van der Waals surface area contributed by atoms with Crippen LogP contribution in [0.4, 0.5) is 0 Å². The van der Waals surface area contributed by atoms with E-state index in [9.17, 15) is 4.79 Å². The highest BCUT2D eigenvalue weighted by atomic mass is 79.9. The van der Waals surface area contributed by atoms with E-state index < -0.39 is 0 Å². The highest BCUT2D eigenvalue weighted by molar-refractivity contribution is 9.10. The first-order valence-corrected chi connectivity index (χ1v) is 9.30. The van der Waals surface area contributed by atoms with Gasteiger partial charge in [0, 0.05) is 17.2 Å². The first kappa shape index (κ1) is 18.4. The molecule has 1 amide bonds. The summed E-state index contributed by atoms with van der Waals surface area (Å²) in [5.41, 5.74) is 1.43. The first-order chi connectivity index (χ1) is 11.7. The van der Waals surface area contributed by atoms with E-state index in [0.717, 1.165) is 48.8 Å². The number of halogens is 2. The SMILES string of the molecule is Cl.O=C(NC1(c2cccc(Br)c2)CC1)c1ccn(C2CCCNC2)n1. The van der Waals surface area contributed by atoms with Crippen LogP contribution in [0.25, 0.3) is 0 Å². The average molecular weight is 426 g/mol. The molecule has 2 aromatic rings. The van der Waals surface area contributed by atoms with Gasteiger partial charge in [-0.2, -0.15) is 5.10 Å². The van der Waals surface area contributed by atoms with Crippen LogP contribution in [0, 0.1) is 0 Å². The number of hydrogen-bond donors (Lipinski definition) is 2. The highest BCUT2D eigenvalue weighted by Crippen LogP contribution is 2.46. The summed E-state index contributed by atoms with van der Waals surface area (Å²) < 4.78 is 2.97. The number of piperidine rings is 1. The standard InChI is InChI=1S/C18H21BrN4O.ClH/c19-14-4-1-3-13(11-14)18(7-8-18)21-17(24)16-6-10-23(22-16)15-5-2-9-20-12-15;/h1,3-4,6,10-11,15,20H,2,5,7-9,12H2,(H,21,24);1H. The second-order valence-corrected chi connectivity index (χ2v) is 7.64. The maximum atomic E-state index is 12.6. The quantitative estimate of drug-likeness (QED) is 0.789. The van der Waals surface area contributed by atoms with Crippen LogP contribution in [0.5, 0.6) is 0 Å². The summed E-state index contributed by atoms with van der Waals surface area (Å²) in [5.74, 6) is -0.0880. The molecule has 1 atom stereocenters. The summed E-state index contributed by atoms with van der Waals surface area (Å²) in [6.45, 7) is 1.99. The highest BCUT2D eigenvalue weighted by Gasteiger charge is 2.46. The Labute approximate surface area is 162 Å². The molecule has 1 aliphatic carbocycles. The number of aromatic nitrogens is 2. The van der Waals surface area contributed by atoms with Gasteiger partial charge in [0.1, 0.15) is 5.69 Å². The van der Waals surface area contributed by atoms with Crippen LogP contribution in [0.2, 0.25) is 0 Å². The fourth-order valence-electron chi connectivity index (χ4n) is 3.40. The largest absolute Gasteiger partial charge is 0.341 e. The van der Waals surface area contributed by atoms with Crippen LogP contribution in [-0.4, -0.2) is 28.8 Å². The van der Waals surface area contributed by atoms with Gasteiger partial charge in [-0.3, -0.25) is 9.48 Å². The second kappa shape index (κ2) is 7.48. The van der Waals surface area contributed by atoms with E-state index >= 15 is 0 Å². The van der Waals surface area contributed by atoms with Crippen LogP contribution in [0.3, 0.4) is 0 Å². The molecule has 7 heteroatoms. The summed E-state index contributed by atoms with van der Waals surface area (Å²) >= 11 is 3.51. The number of carbonyl (C=O) groups is 1. The molecule has 1 saturated carbocycles. The smallest absolute Gasteiger partial charge is 0.272 e. The van der Waals surface area contributed by atoms with Crippen molar-refractivity contribution in [2.75, 3.05) is 13.1 Å². The van der Waals surface area contributed by atoms with Crippen molar-refractivity contribution in [2.24, 2.45) is 0 Å². The van der Waals surface area contributed by atoms with Gasteiger partial charge in [-0.25, -0.2) is 0 Å². The van der Waals surface area contributed by atoms with Gasteiger partial charge in [-0.15, -0.1) is 12.4 Å². The summed E-state index contributed by atoms with van der Waals surface area (Å²) in [5, 5.41) is 11.1. The van der Waals surface area contributed by atoms with Gasteiger partial charge in [-0.1, -0.05) is 28.1 Å².